The highest BCUT2D eigenvalue weighted by atomic mass is 19.1. The van der Waals surface area contributed by atoms with Crippen LogP contribution in [-0.4, -0.2) is 35.7 Å². The van der Waals surface area contributed by atoms with Gasteiger partial charge in [0.15, 0.2) is 0 Å². The maximum Gasteiger partial charge on any atom is 0.127 e. The highest BCUT2D eigenvalue weighted by molar-refractivity contribution is 5.28. The predicted octanol–water partition coefficient (Wildman–Crippen LogP) is 2.74. The van der Waals surface area contributed by atoms with E-state index >= 15 is 0 Å². The van der Waals surface area contributed by atoms with Gasteiger partial charge in [-0.15, -0.1) is 0 Å². The van der Waals surface area contributed by atoms with Crippen molar-refractivity contribution < 1.29 is 9.50 Å². The Morgan fingerprint density at radius 1 is 1.40 bits per heavy atom. The van der Waals surface area contributed by atoms with Gasteiger partial charge < -0.3 is 10.4 Å². The van der Waals surface area contributed by atoms with E-state index in [1.165, 1.54) is 18.9 Å². The number of aromatic hydroxyl groups is 1. The number of nitrogens with zero attached hydrogens (tertiary/aromatic N) is 1. The average molecular weight is 280 g/mol. The van der Waals surface area contributed by atoms with E-state index in [1.54, 1.807) is 6.07 Å². The molecule has 1 aromatic carbocycles. The molecule has 4 heteroatoms. The van der Waals surface area contributed by atoms with E-state index in [-0.39, 0.29) is 11.6 Å². The summed E-state index contributed by atoms with van der Waals surface area (Å²) in [5.41, 5.74) is 0.834. The van der Waals surface area contributed by atoms with Crippen molar-refractivity contribution in [3.05, 3.63) is 29.6 Å². The number of phenolic OH excluding ortho intramolecular Hbond substituents is 1. The van der Waals surface area contributed by atoms with E-state index in [0.717, 1.165) is 31.3 Å². The molecule has 1 unspecified atom stereocenters. The van der Waals surface area contributed by atoms with Crippen LogP contribution in [0.25, 0.3) is 0 Å². The first-order valence-electron chi connectivity index (χ1n) is 7.47. The third-order valence-corrected chi connectivity index (χ3v) is 3.61. The molecule has 1 aliphatic heterocycles. The fourth-order valence-electron chi connectivity index (χ4n) is 2.93. The van der Waals surface area contributed by atoms with E-state index in [9.17, 15) is 9.50 Å². The van der Waals surface area contributed by atoms with Crippen LogP contribution in [-0.2, 0) is 6.54 Å². The Bertz CT molecular complexity index is 410. The van der Waals surface area contributed by atoms with Crippen molar-refractivity contribution in [3.8, 4) is 5.75 Å². The molecule has 1 aliphatic rings. The van der Waals surface area contributed by atoms with Crippen molar-refractivity contribution in [2.24, 2.45) is 5.92 Å². The standard InChI is InChI=1S/C16H25FN2O/c1-12(2)9-19(11-15-4-3-5-18-15)10-13-6-14(17)8-16(20)7-13/h6-8,12,15,18,20H,3-5,9-11H2,1-2H3. The maximum absolute atomic E-state index is 13.4. The summed E-state index contributed by atoms with van der Waals surface area (Å²) in [6.07, 6.45) is 2.45. The fourth-order valence-corrected chi connectivity index (χ4v) is 2.93. The molecule has 0 bridgehead atoms. The first kappa shape index (κ1) is 15.3. The molecule has 2 rings (SSSR count). The lowest BCUT2D eigenvalue weighted by Crippen LogP contribution is -2.39. The molecule has 0 aromatic heterocycles. The average Bonchev–Trinajstić information content (AvgIpc) is 2.79. The second kappa shape index (κ2) is 7.04. The molecule has 112 valence electrons. The second-order valence-corrected chi connectivity index (χ2v) is 6.20. The lowest BCUT2D eigenvalue weighted by molar-refractivity contribution is 0.216. The number of benzene rings is 1. The molecule has 3 nitrogen and oxygen atoms in total. The largest absolute Gasteiger partial charge is 0.508 e. The van der Waals surface area contributed by atoms with Crippen LogP contribution in [0.1, 0.15) is 32.3 Å². The quantitative estimate of drug-likeness (QED) is 0.841. The van der Waals surface area contributed by atoms with Crippen molar-refractivity contribution in [1.82, 2.24) is 10.2 Å². The van der Waals surface area contributed by atoms with E-state index in [1.807, 2.05) is 0 Å². The van der Waals surface area contributed by atoms with Crippen LogP contribution < -0.4 is 5.32 Å². The van der Waals surface area contributed by atoms with Gasteiger partial charge in [-0.2, -0.15) is 0 Å². The van der Waals surface area contributed by atoms with Crippen LogP contribution in [0.3, 0.4) is 0 Å². The van der Waals surface area contributed by atoms with Gasteiger partial charge in [-0.3, -0.25) is 4.90 Å². The molecule has 0 spiro atoms. The Kier molecular flexibility index (Phi) is 5.38. The molecule has 1 heterocycles. The van der Waals surface area contributed by atoms with Gasteiger partial charge in [-0.1, -0.05) is 13.8 Å². The van der Waals surface area contributed by atoms with Crippen LogP contribution in [0.4, 0.5) is 4.39 Å². The van der Waals surface area contributed by atoms with Crippen LogP contribution >= 0.6 is 0 Å². The minimum absolute atomic E-state index is 0.00323. The van der Waals surface area contributed by atoms with Crippen LogP contribution in [0.15, 0.2) is 18.2 Å². The van der Waals surface area contributed by atoms with Crippen LogP contribution in [0, 0.1) is 11.7 Å². The van der Waals surface area contributed by atoms with Gasteiger partial charge in [0.05, 0.1) is 0 Å². The van der Waals surface area contributed by atoms with Gasteiger partial charge in [0, 0.05) is 31.7 Å². The number of phenols is 1. The van der Waals surface area contributed by atoms with Crippen molar-refractivity contribution >= 4 is 0 Å². The lowest BCUT2D eigenvalue weighted by Gasteiger charge is -2.27. The zero-order chi connectivity index (χ0) is 14.5. The Balaban J connectivity index is 2.01. The molecule has 1 saturated heterocycles. The van der Waals surface area contributed by atoms with Gasteiger partial charge in [0.2, 0.25) is 0 Å². The van der Waals surface area contributed by atoms with Crippen molar-refractivity contribution in [1.29, 1.82) is 0 Å². The summed E-state index contributed by atoms with van der Waals surface area (Å²) in [5, 5.41) is 13.0. The first-order valence-corrected chi connectivity index (χ1v) is 7.47. The van der Waals surface area contributed by atoms with Gasteiger partial charge in [-0.25, -0.2) is 4.39 Å². The Hall–Kier alpha value is -1.13. The van der Waals surface area contributed by atoms with E-state index in [2.05, 4.69) is 24.1 Å². The van der Waals surface area contributed by atoms with E-state index in [0.29, 0.717) is 18.5 Å². The van der Waals surface area contributed by atoms with Gasteiger partial charge in [-0.05, 0) is 43.0 Å². The monoisotopic (exact) mass is 280 g/mol. The molecule has 20 heavy (non-hydrogen) atoms. The molecular weight excluding hydrogens is 255 g/mol. The smallest absolute Gasteiger partial charge is 0.127 e. The molecular formula is C16H25FN2O. The van der Waals surface area contributed by atoms with E-state index < -0.39 is 0 Å². The lowest BCUT2D eigenvalue weighted by atomic mass is 10.1. The van der Waals surface area contributed by atoms with Gasteiger partial charge >= 0.3 is 0 Å². The normalized spacial score (nSPS) is 19.1. The highest BCUT2D eigenvalue weighted by Gasteiger charge is 2.19. The maximum atomic E-state index is 13.4. The Morgan fingerprint density at radius 2 is 2.20 bits per heavy atom. The SMILES string of the molecule is CC(C)CN(Cc1cc(O)cc(F)c1)CC1CCCN1. The topological polar surface area (TPSA) is 35.5 Å². The summed E-state index contributed by atoms with van der Waals surface area (Å²) in [5.74, 6) is 0.200. The summed E-state index contributed by atoms with van der Waals surface area (Å²) >= 11 is 0. The number of rotatable bonds is 6. The fraction of sp³-hybridized carbons (Fsp3) is 0.625. The molecule has 1 fully saturated rings. The minimum atomic E-state index is -0.372. The molecule has 1 atom stereocenters. The summed E-state index contributed by atoms with van der Waals surface area (Å²) < 4.78 is 13.4. The number of hydrogen-bond donors (Lipinski definition) is 2. The summed E-state index contributed by atoms with van der Waals surface area (Å²) in [6, 6.07) is 4.85. The summed E-state index contributed by atoms with van der Waals surface area (Å²) in [6.45, 7) is 8.13. The molecule has 1 aromatic rings. The van der Waals surface area contributed by atoms with Crippen LogP contribution in [0.2, 0.25) is 0 Å². The van der Waals surface area contributed by atoms with Crippen LogP contribution in [0.5, 0.6) is 5.75 Å². The molecule has 0 radical (unpaired) electrons. The van der Waals surface area contributed by atoms with Gasteiger partial charge in [0.25, 0.3) is 0 Å². The number of hydrogen-bond acceptors (Lipinski definition) is 3. The Labute approximate surface area is 120 Å². The van der Waals surface area contributed by atoms with E-state index in [4.69, 9.17) is 0 Å². The highest BCUT2D eigenvalue weighted by Crippen LogP contribution is 2.18. The first-order chi connectivity index (χ1) is 9.52. The predicted molar refractivity (Wildman–Crippen MR) is 79.2 cm³/mol. The van der Waals surface area contributed by atoms with Crippen molar-refractivity contribution in [2.75, 3.05) is 19.6 Å². The zero-order valence-corrected chi connectivity index (χ0v) is 12.4. The third-order valence-electron chi connectivity index (χ3n) is 3.61. The van der Waals surface area contributed by atoms with Gasteiger partial charge in [0.1, 0.15) is 11.6 Å². The Morgan fingerprint density at radius 3 is 2.80 bits per heavy atom. The summed E-state index contributed by atoms with van der Waals surface area (Å²) in [4.78, 5) is 2.35. The third kappa shape index (κ3) is 4.76. The second-order valence-electron chi connectivity index (χ2n) is 6.20. The molecule has 0 aliphatic carbocycles. The zero-order valence-electron chi connectivity index (χ0n) is 12.4. The molecule has 0 saturated carbocycles. The molecule has 2 N–H and O–H groups in total. The van der Waals surface area contributed by atoms with Crippen molar-refractivity contribution in [2.45, 2.75) is 39.3 Å². The van der Waals surface area contributed by atoms with Crippen molar-refractivity contribution in [3.63, 3.8) is 0 Å². The minimum Gasteiger partial charge on any atom is -0.508 e. The number of nitrogens with one attached hydrogen (secondary N) is 1. The molecule has 0 amide bonds. The summed E-state index contributed by atoms with van der Waals surface area (Å²) in [7, 11) is 0. The number of halogens is 1.